The van der Waals surface area contributed by atoms with Crippen LogP contribution < -0.4 is 0 Å². The molecule has 0 atom stereocenters. The van der Waals surface area contributed by atoms with E-state index < -0.39 is 34.9 Å². The van der Waals surface area contributed by atoms with Crippen molar-refractivity contribution in [3.63, 3.8) is 0 Å². The van der Waals surface area contributed by atoms with Gasteiger partial charge in [-0.1, -0.05) is 29.8 Å². The Hall–Kier alpha value is -2.41. The molecule has 0 aromatic heterocycles. The quantitative estimate of drug-likeness (QED) is 0.425. The van der Waals surface area contributed by atoms with Crippen LogP contribution in [0.3, 0.4) is 0 Å². The Morgan fingerprint density at radius 1 is 1.12 bits per heavy atom. The normalized spacial score (nSPS) is 12.2. The molecule has 0 fully saturated rings. The largest absolute Gasteiger partial charge is 0.477 e. The van der Waals surface area contributed by atoms with Gasteiger partial charge in [-0.05, 0) is 31.2 Å². The Balaban J connectivity index is 2.52. The number of nitrogens with zero attached hydrogens (tertiary/aromatic N) is 1. The van der Waals surface area contributed by atoms with Crippen LogP contribution >= 0.6 is 11.6 Å². The number of amides is 1. The minimum absolute atomic E-state index is 0.0268. The average molecular weight is 374 g/mol. The molecule has 0 spiro atoms. The third-order valence-corrected chi connectivity index (χ3v) is 3.42. The zero-order valence-corrected chi connectivity index (χ0v) is 13.7. The average Bonchev–Trinajstić information content (AvgIpc) is 2.56. The monoisotopic (exact) mass is 373 g/mol. The minimum Gasteiger partial charge on any atom is -0.477 e. The second-order valence-electron chi connectivity index (χ2n) is 4.80. The van der Waals surface area contributed by atoms with E-state index in [1.165, 1.54) is 24.3 Å². The predicted molar refractivity (Wildman–Crippen MR) is 85.3 cm³/mol. The van der Waals surface area contributed by atoms with E-state index >= 15 is 0 Å². The van der Waals surface area contributed by atoms with Gasteiger partial charge in [0, 0.05) is 0 Å². The molecule has 2 rings (SSSR count). The van der Waals surface area contributed by atoms with Gasteiger partial charge < -0.3 is 4.74 Å². The topological polar surface area (TPSA) is 38.7 Å². The summed E-state index contributed by atoms with van der Waals surface area (Å²) in [5, 5.41) is -0.229. The summed E-state index contributed by atoms with van der Waals surface area (Å²) in [6.07, 6.45) is -4.73. The van der Waals surface area contributed by atoms with Gasteiger partial charge in [0.1, 0.15) is 0 Å². The number of hydrogen-bond acceptors (Lipinski definition) is 2. The summed E-state index contributed by atoms with van der Waals surface area (Å²) in [5.41, 5.74) is -2.01. The van der Waals surface area contributed by atoms with E-state index in [4.69, 9.17) is 16.3 Å². The standard InChI is InChI=1S/C17H12ClF4NO2/c1-2-25-16(11-7-5-9-13(18)14(11)19)23-15(24)10-6-3-4-8-12(10)17(20,21)22/h3-9H,2H2,1H3. The molecule has 1 amide bonds. The van der Waals surface area contributed by atoms with Crippen LogP contribution in [0, 0.1) is 5.82 Å². The minimum atomic E-state index is -4.73. The number of alkyl halides is 3. The molecule has 0 aliphatic rings. The summed E-state index contributed by atoms with van der Waals surface area (Å²) in [6, 6.07) is 8.14. The van der Waals surface area contributed by atoms with E-state index in [0.717, 1.165) is 18.2 Å². The van der Waals surface area contributed by atoms with E-state index in [1.54, 1.807) is 6.92 Å². The van der Waals surface area contributed by atoms with Gasteiger partial charge in [0.15, 0.2) is 5.82 Å². The molecule has 0 heterocycles. The first-order valence-corrected chi connectivity index (χ1v) is 7.50. The maximum absolute atomic E-state index is 14.1. The number of rotatable bonds is 3. The van der Waals surface area contributed by atoms with E-state index in [2.05, 4.69) is 4.99 Å². The van der Waals surface area contributed by atoms with Crippen LogP contribution in [0.2, 0.25) is 5.02 Å². The van der Waals surface area contributed by atoms with Crippen molar-refractivity contribution in [1.29, 1.82) is 0 Å². The van der Waals surface area contributed by atoms with Gasteiger partial charge in [-0.25, -0.2) is 4.39 Å². The Morgan fingerprint density at radius 2 is 1.76 bits per heavy atom. The van der Waals surface area contributed by atoms with Crippen LogP contribution in [0.15, 0.2) is 47.5 Å². The lowest BCUT2D eigenvalue weighted by Crippen LogP contribution is -2.15. The zero-order chi connectivity index (χ0) is 18.6. The number of halogens is 5. The Morgan fingerprint density at radius 3 is 2.40 bits per heavy atom. The van der Waals surface area contributed by atoms with Crippen molar-refractivity contribution < 1.29 is 27.1 Å². The number of hydrogen-bond donors (Lipinski definition) is 0. The van der Waals surface area contributed by atoms with E-state index in [-0.39, 0.29) is 17.2 Å². The van der Waals surface area contributed by atoms with Crippen LogP contribution in [-0.4, -0.2) is 18.4 Å². The fraction of sp³-hybridized carbons (Fsp3) is 0.176. The van der Waals surface area contributed by atoms with Crippen LogP contribution in [0.1, 0.15) is 28.4 Å². The van der Waals surface area contributed by atoms with Crippen LogP contribution in [0.5, 0.6) is 0 Å². The highest BCUT2D eigenvalue weighted by molar-refractivity contribution is 6.31. The lowest BCUT2D eigenvalue weighted by Gasteiger charge is -2.12. The highest BCUT2D eigenvalue weighted by Crippen LogP contribution is 2.32. The molecule has 25 heavy (non-hydrogen) atoms. The molecule has 8 heteroatoms. The lowest BCUT2D eigenvalue weighted by atomic mass is 10.1. The van der Waals surface area contributed by atoms with Crippen LogP contribution in [0.25, 0.3) is 0 Å². The van der Waals surface area contributed by atoms with E-state index in [9.17, 15) is 22.4 Å². The van der Waals surface area contributed by atoms with Gasteiger partial charge in [-0.2, -0.15) is 18.2 Å². The lowest BCUT2D eigenvalue weighted by molar-refractivity contribution is -0.137. The number of ether oxygens (including phenoxy) is 1. The highest BCUT2D eigenvalue weighted by Gasteiger charge is 2.35. The molecular formula is C17H12ClF4NO2. The molecule has 3 nitrogen and oxygen atoms in total. The van der Waals surface area contributed by atoms with Gasteiger partial charge >= 0.3 is 6.18 Å². The van der Waals surface area contributed by atoms with Gasteiger partial charge in [-0.15, -0.1) is 0 Å². The molecular weight excluding hydrogens is 362 g/mol. The second kappa shape index (κ2) is 7.65. The maximum Gasteiger partial charge on any atom is 0.417 e. The summed E-state index contributed by atoms with van der Waals surface area (Å²) in [7, 11) is 0. The predicted octanol–water partition coefficient (Wildman–Crippen LogP) is 5.12. The van der Waals surface area contributed by atoms with Crippen LogP contribution in [0.4, 0.5) is 17.6 Å². The van der Waals surface area contributed by atoms with E-state index in [0.29, 0.717) is 0 Å². The molecule has 2 aromatic rings. The van der Waals surface area contributed by atoms with E-state index in [1.807, 2.05) is 0 Å². The zero-order valence-electron chi connectivity index (χ0n) is 12.9. The molecule has 0 saturated heterocycles. The molecule has 0 aliphatic heterocycles. The van der Waals surface area contributed by atoms with Gasteiger partial charge in [-0.3, -0.25) is 4.79 Å². The molecule has 0 bridgehead atoms. The molecule has 132 valence electrons. The molecule has 0 unspecified atom stereocenters. The Kier molecular flexibility index (Phi) is 5.79. The number of aliphatic imine (C=N–C) groups is 1. The first-order valence-electron chi connectivity index (χ1n) is 7.12. The van der Waals surface area contributed by atoms with Crippen molar-refractivity contribution in [3.8, 4) is 0 Å². The molecule has 0 saturated carbocycles. The molecule has 0 N–H and O–H groups in total. The third-order valence-electron chi connectivity index (χ3n) is 3.13. The second-order valence-corrected chi connectivity index (χ2v) is 5.21. The Bertz CT molecular complexity index is 819. The maximum atomic E-state index is 14.1. The summed E-state index contributed by atoms with van der Waals surface area (Å²) in [5.74, 6) is -2.52. The first kappa shape index (κ1) is 18.9. The SMILES string of the molecule is CCOC(=NC(=O)c1ccccc1C(F)(F)F)c1cccc(Cl)c1F. The molecule has 0 aliphatic carbocycles. The van der Waals surface area contributed by atoms with Crippen molar-refractivity contribution >= 4 is 23.4 Å². The summed E-state index contributed by atoms with van der Waals surface area (Å²) in [4.78, 5) is 15.8. The first-order chi connectivity index (χ1) is 11.8. The number of carbonyl (C=O) groups excluding carboxylic acids is 1. The van der Waals surface area contributed by atoms with Crippen molar-refractivity contribution in [2.24, 2.45) is 4.99 Å². The van der Waals surface area contributed by atoms with Crippen molar-refractivity contribution in [1.82, 2.24) is 0 Å². The summed E-state index contributed by atoms with van der Waals surface area (Å²) in [6.45, 7) is 1.59. The smallest absolute Gasteiger partial charge is 0.417 e. The highest BCUT2D eigenvalue weighted by atomic mass is 35.5. The van der Waals surface area contributed by atoms with Crippen molar-refractivity contribution in [3.05, 3.63) is 70.0 Å². The molecule has 2 aromatic carbocycles. The van der Waals surface area contributed by atoms with Crippen molar-refractivity contribution in [2.45, 2.75) is 13.1 Å². The fourth-order valence-electron chi connectivity index (χ4n) is 2.05. The third kappa shape index (κ3) is 4.36. The number of carbonyl (C=O) groups is 1. The van der Waals surface area contributed by atoms with Crippen LogP contribution in [-0.2, 0) is 10.9 Å². The summed E-state index contributed by atoms with van der Waals surface area (Å²) < 4.78 is 58.3. The molecule has 0 radical (unpaired) electrons. The van der Waals surface area contributed by atoms with Gasteiger partial charge in [0.2, 0.25) is 5.90 Å². The number of benzene rings is 2. The van der Waals surface area contributed by atoms with Crippen molar-refractivity contribution in [2.75, 3.05) is 6.61 Å². The Labute approximate surface area is 145 Å². The summed E-state index contributed by atoms with van der Waals surface area (Å²) >= 11 is 5.68. The van der Waals surface area contributed by atoms with Gasteiger partial charge in [0.05, 0.1) is 28.3 Å². The fourth-order valence-corrected chi connectivity index (χ4v) is 2.22. The van der Waals surface area contributed by atoms with Gasteiger partial charge in [0.25, 0.3) is 5.91 Å².